The van der Waals surface area contributed by atoms with Crippen LogP contribution in [0.3, 0.4) is 0 Å². The van der Waals surface area contributed by atoms with Gasteiger partial charge in [-0.05, 0) is 89.5 Å². The third-order valence-electron chi connectivity index (χ3n) is 13.6. The summed E-state index contributed by atoms with van der Waals surface area (Å²) in [6, 6.07) is -0.862. The van der Waals surface area contributed by atoms with Gasteiger partial charge in [-0.3, -0.25) is 18.6 Å². The van der Waals surface area contributed by atoms with Gasteiger partial charge in [0.2, 0.25) is 5.91 Å². The lowest BCUT2D eigenvalue weighted by Crippen LogP contribution is -2.47. The highest BCUT2D eigenvalue weighted by Crippen LogP contribution is 2.43. The van der Waals surface area contributed by atoms with Crippen LogP contribution in [0.2, 0.25) is 0 Å². The number of unbranched alkanes of at least 4 members (excludes halogenated alkanes) is 30. The average Bonchev–Trinajstić information content (AvgIpc) is 3.38. The van der Waals surface area contributed by atoms with Gasteiger partial charge in [0.25, 0.3) is 0 Å². The number of phosphoric ester groups is 1. The second-order valence-corrected chi connectivity index (χ2v) is 23.7. The number of carbonyl (C=O) groups excluding carboxylic acids is 2. The molecule has 1 amide bonds. The molecule has 0 heterocycles. The van der Waals surface area contributed by atoms with E-state index < -0.39 is 20.0 Å². The second kappa shape index (κ2) is 55.5. The van der Waals surface area contributed by atoms with E-state index in [4.69, 9.17) is 13.8 Å². The van der Waals surface area contributed by atoms with E-state index in [9.17, 15) is 19.0 Å². The van der Waals surface area contributed by atoms with E-state index in [0.717, 1.165) is 96.3 Å². The number of carbonyl (C=O) groups is 2. The number of quaternary nitrogens is 1. The van der Waals surface area contributed by atoms with E-state index >= 15 is 0 Å². The number of rotatable bonds is 56. The highest BCUT2D eigenvalue weighted by molar-refractivity contribution is 7.47. The van der Waals surface area contributed by atoms with Crippen molar-refractivity contribution >= 4 is 19.7 Å². The number of likely N-dealkylation sites (N-methyl/N-ethyl adjacent to an activating group) is 1. The van der Waals surface area contributed by atoms with Crippen molar-refractivity contribution < 1.29 is 37.3 Å². The molecule has 9 nitrogen and oxygen atoms in total. The lowest BCUT2D eigenvalue weighted by atomic mass is 10.0. The SMILES string of the molecule is CC/C=C/C=C/C=C\CCCCCCCC(=O)NC(COP(=O)(O)OCC[N+](C)(C)C)C(/C=C\CCCCCCCCCCCC)OC(=O)CCCCCCCCCCCCCC/C=C\C/C=C\C/C=C\CCCCC. The molecule has 0 aromatic rings. The number of phosphoric acid groups is 1. The molecule has 0 aliphatic carbocycles. The number of amides is 1. The quantitative estimate of drug-likeness (QED) is 0.0156. The molecule has 0 aliphatic heterocycles. The van der Waals surface area contributed by atoms with E-state index in [1.165, 1.54) is 141 Å². The van der Waals surface area contributed by atoms with E-state index in [0.29, 0.717) is 17.4 Å². The maximum Gasteiger partial charge on any atom is 0.472 e. The van der Waals surface area contributed by atoms with Crippen molar-refractivity contribution in [1.82, 2.24) is 5.32 Å². The van der Waals surface area contributed by atoms with Crippen LogP contribution in [0.25, 0.3) is 0 Å². The van der Waals surface area contributed by atoms with Gasteiger partial charge in [-0.2, -0.15) is 0 Å². The van der Waals surface area contributed by atoms with Gasteiger partial charge in [0.1, 0.15) is 19.3 Å². The van der Waals surface area contributed by atoms with Crippen LogP contribution in [0.15, 0.2) is 85.1 Å². The Morgan fingerprint density at radius 3 is 1.39 bits per heavy atom. The third kappa shape index (κ3) is 55.9. The summed E-state index contributed by atoms with van der Waals surface area (Å²) in [5.41, 5.74) is 0. The van der Waals surface area contributed by atoms with Crippen LogP contribution in [0.5, 0.6) is 0 Å². The van der Waals surface area contributed by atoms with Crippen LogP contribution in [0, 0.1) is 0 Å². The third-order valence-corrected chi connectivity index (χ3v) is 14.6. The molecule has 0 rings (SSSR count). The van der Waals surface area contributed by atoms with Crippen LogP contribution < -0.4 is 5.32 Å². The molecule has 76 heavy (non-hydrogen) atoms. The Morgan fingerprint density at radius 2 is 0.895 bits per heavy atom. The van der Waals surface area contributed by atoms with Gasteiger partial charge in [0.15, 0.2) is 0 Å². The molecule has 0 fully saturated rings. The number of ether oxygens (including phenoxy) is 1. The standard InChI is InChI=1S/C66H119N2O7P/c1-7-10-13-16-19-22-25-28-29-30-31-32-33-34-35-36-37-38-39-41-44-47-50-53-56-59-66(70)75-64(57-54-51-48-45-42-27-24-21-18-15-12-9-3)63(62-74-76(71,72)73-61-60-68(4,5)6)67-65(69)58-55-52-49-46-43-40-26-23-20-17-14-11-8-2/h11,14,17,19-20,22-23,26,28-29,31-32,54,57,63-64H,7-10,12-13,15-16,18,21,24-25,27,30,33-53,55-56,58-62H2,1-6H3,(H-,67,69,71,72)/p+1/b14-11+,20-17+,22-19-,26-23-,29-28-,32-31-,57-54-. The Kier molecular flexibility index (Phi) is 53.5. The Balaban J connectivity index is 5.13. The molecule has 440 valence electrons. The molecule has 0 aromatic heterocycles. The van der Waals surface area contributed by atoms with E-state index in [1.54, 1.807) is 0 Å². The number of allylic oxidation sites excluding steroid dienone is 13. The largest absolute Gasteiger partial charge is 0.472 e. The topological polar surface area (TPSA) is 111 Å². The van der Waals surface area contributed by atoms with Gasteiger partial charge in [0.05, 0.1) is 33.8 Å². The highest BCUT2D eigenvalue weighted by atomic mass is 31.2. The predicted octanol–water partition coefficient (Wildman–Crippen LogP) is 19.4. The number of nitrogens with one attached hydrogen (secondary N) is 1. The highest BCUT2D eigenvalue weighted by Gasteiger charge is 2.30. The normalized spacial score (nSPS) is 14.2. The van der Waals surface area contributed by atoms with Crippen LogP contribution >= 0.6 is 7.82 Å². The molecule has 0 spiro atoms. The number of esters is 1. The summed E-state index contributed by atoms with van der Waals surface area (Å²) < 4.78 is 30.7. The minimum absolute atomic E-state index is 0.0327. The Bertz CT molecular complexity index is 1580. The fraction of sp³-hybridized carbons (Fsp3) is 0.758. The van der Waals surface area contributed by atoms with Crippen molar-refractivity contribution in [2.24, 2.45) is 0 Å². The summed E-state index contributed by atoms with van der Waals surface area (Å²) in [4.78, 5) is 37.7. The molecule has 10 heteroatoms. The second-order valence-electron chi connectivity index (χ2n) is 22.3. The molecule has 3 atom stereocenters. The first-order valence-corrected chi connectivity index (χ1v) is 32.9. The molecule has 0 bridgehead atoms. The van der Waals surface area contributed by atoms with Crippen molar-refractivity contribution in [3.05, 3.63) is 85.1 Å². The number of hydrogen-bond acceptors (Lipinski definition) is 6. The zero-order valence-corrected chi connectivity index (χ0v) is 51.1. The summed E-state index contributed by atoms with van der Waals surface area (Å²) in [6.45, 7) is 6.84. The van der Waals surface area contributed by atoms with Crippen LogP contribution in [-0.4, -0.2) is 74.3 Å². The Morgan fingerprint density at radius 1 is 0.487 bits per heavy atom. The molecular weight excluding hydrogens is 964 g/mol. The van der Waals surface area contributed by atoms with Gasteiger partial charge in [-0.1, -0.05) is 254 Å². The van der Waals surface area contributed by atoms with Crippen molar-refractivity contribution in [2.75, 3.05) is 40.9 Å². The fourth-order valence-corrected chi connectivity index (χ4v) is 9.51. The Hall–Kier alpha value is -2.81. The Labute approximate surface area is 469 Å². The maximum absolute atomic E-state index is 13.5. The average molecular weight is 1080 g/mol. The molecule has 0 radical (unpaired) electrons. The minimum Gasteiger partial charge on any atom is -0.456 e. The van der Waals surface area contributed by atoms with Crippen LogP contribution in [0.4, 0.5) is 0 Å². The van der Waals surface area contributed by atoms with E-state index in [1.807, 2.05) is 33.3 Å². The van der Waals surface area contributed by atoms with Gasteiger partial charge >= 0.3 is 13.8 Å². The van der Waals surface area contributed by atoms with Crippen molar-refractivity contribution in [3.8, 4) is 0 Å². The summed E-state index contributed by atoms with van der Waals surface area (Å²) in [6.07, 6.45) is 73.0. The molecular formula is C66H120N2O7P+. The van der Waals surface area contributed by atoms with Crippen molar-refractivity contribution in [1.29, 1.82) is 0 Å². The minimum atomic E-state index is -4.46. The van der Waals surface area contributed by atoms with Gasteiger partial charge in [-0.25, -0.2) is 4.57 Å². The summed E-state index contributed by atoms with van der Waals surface area (Å²) in [7, 11) is 1.47. The first kappa shape index (κ1) is 73.2. The summed E-state index contributed by atoms with van der Waals surface area (Å²) >= 11 is 0. The van der Waals surface area contributed by atoms with Gasteiger partial charge < -0.3 is 19.4 Å². The number of nitrogens with zero attached hydrogens (tertiary/aromatic N) is 1. The zero-order valence-electron chi connectivity index (χ0n) is 50.2. The van der Waals surface area contributed by atoms with E-state index in [-0.39, 0.29) is 31.5 Å². The lowest BCUT2D eigenvalue weighted by molar-refractivity contribution is -0.870. The smallest absolute Gasteiger partial charge is 0.456 e. The lowest BCUT2D eigenvalue weighted by Gasteiger charge is -2.27. The maximum atomic E-state index is 13.5. The van der Waals surface area contributed by atoms with E-state index in [2.05, 4.69) is 99.0 Å². The molecule has 2 N–H and O–H groups in total. The monoisotopic (exact) mass is 1080 g/mol. The van der Waals surface area contributed by atoms with Gasteiger partial charge in [-0.15, -0.1) is 0 Å². The van der Waals surface area contributed by atoms with Crippen molar-refractivity contribution in [2.45, 2.75) is 283 Å². The predicted molar refractivity (Wildman–Crippen MR) is 328 cm³/mol. The van der Waals surface area contributed by atoms with Crippen LogP contribution in [0.1, 0.15) is 271 Å². The molecule has 3 unspecified atom stereocenters. The molecule has 0 aromatic carbocycles. The summed E-state index contributed by atoms with van der Waals surface area (Å²) in [5, 5.41) is 3.04. The summed E-state index contributed by atoms with van der Waals surface area (Å²) in [5.74, 6) is -0.531. The van der Waals surface area contributed by atoms with Gasteiger partial charge in [0, 0.05) is 12.8 Å². The first-order chi connectivity index (χ1) is 36.9. The molecule has 0 saturated carbocycles. The number of hydrogen-bond donors (Lipinski definition) is 2. The van der Waals surface area contributed by atoms with Crippen LogP contribution in [-0.2, 0) is 27.9 Å². The first-order valence-electron chi connectivity index (χ1n) is 31.4. The zero-order chi connectivity index (χ0) is 55.7. The molecule has 0 saturated heterocycles. The van der Waals surface area contributed by atoms with Crippen molar-refractivity contribution in [3.63, 3.8) is 0 Å². The molecule has 0 aliphatic rings. The fourth-order valence-electron chi connectivity index (χ4n) is 8.77.